The Hall–Kier alpha value is -1.06. The van der Waals surface area contributed by atoms with Gasteiger partial charge in [0.25, 0.3) is 0 Å². The number of aromatic nitrogens is 1. The maximum absolute atomic E-state index is 12.2. The van der Waals surface area contributed by atoms with Crippen molar-refractivity contribution in [3.63, 3.8) is 0 Å². The van der Waals surface area contributed by atoms with E-state index in [-0.39, 0.29) is 3.57 Å². The van der Waals surface area contributed by atoms with Gasteiger partial charge in [0.2, 0.25) is 11.4 Å². The van der Waals surface area contributed by atoms with Crippen molar-refractivity contribution in [3.05, 3.63) is 25.4 Å². The van der Waals surface area contributed by atoms with Crippen LogP contribution in [0.15, 0.2) is 6.07 Å². The maximum Gasteiger partial charge on any atom is 0.407 e. The van der Waals surface area contributed by atoms with Crippen LogP contribution in [-0.4, -0.2) is 15.0 Å². The summed E-state index contributed by atoms with van der Waals surface area (Å²) in [5.74, 6) is -1.65. The van der Waals surface area contributed by atoms with Crippen molar-refractivity contribution in [2.45, 2.75) is 6.43 Å². The first-order chi connectivity index (χ1) is 6.43. The minimum Gasteiger partial charge on any atom is -0.500 e. The number of aromatic hydroxyl groups is 1. The summed E-state index contributed by atoms with van der Waals surface area (Å²) in [4.78, 5) is 12.3. The van der Waals surface area contributed by atoms with Gasteiger partial charge in [-0.25, -0.2) is 8.78 Å². The first-order valence-electron chi connectivity index (χ1n) is 3.25. The lowest BCUT2D eigenvalue weighted by molar-refractivity contribution is -0.390. The van der Waals surface area contributed by atoms with Crippen LogP contribution in [0, 0.1) is 13.7 Å². The van der Waals surface area contributed by atoms with Gasteiger partial charge in [-0.3, -0.25) is 0 Å². The van der Waals surface area contributed by atoms with Crippen molar-refractivity contribution in [2.75, 3.05) is 0 Å². The van der Waals surface area contributed by atoms with E-state index in [0.29, 0.717) is 0 Å². The molecule has 1 aromatic heterocycles. The molecule has 0 atom stereocenters. The fraction of sp³-hybridized carbons (Fsp3) is 0.167. The molecule has 1 N–H and O–H groups in total. The molecule has 0 aromatic carbocycles. The van der Waals surface area contributed by atoms with Crippen LogP contribution < -0.4 is 0 Å². The molecule has 0 amide bonds. The van der Waals surface area contributed by atoms with Crippen LogP contribution in [0.2, 0.25) is 0 Å². The van der Waals surface area contributed by atoms with E-state index in [9.17, 15) is 18.9 Å². The molecule has 0 aliphatic rings. The summed E-state index contributed by atoms with van der Waals surface area (Å²) in [6, 6.07) is 0.896. The number of nitrogens with zero attached hydrogens (tertiary/aromatic N) is 2. The summed E-state index contributed by atoms with van der Waals surface area (Å²) in [5.41, 5.74) is -0.723. The second-order valence-corrected chi connectivity index (χ2v) is 3.42. The SMILES string of the molecule is O=[N+]([O-])c1nc(C(F)F)cc(I)c1O. The normalized spacial score (nSPS) is 10.6. The second kappa shape index (κ2) is 3.98. The highest BCUT2D eigenvalue weighted by Crippen LogP contribution is 2.32. The van der Waals surface area contributed by atoms with Crippen molar-refractivity contribution in [2.24, 2.45) is 0 Å². The van der Waals surface area contributed by atoms with E-state index in [0.717, 1.165) is 6.07 Å². The van der Waals surface area contributed by atoms with Crippen LogP contribution in [-0.2, 0) is 0 Å². The summed E-state index contributed by atoms with van der Waals surface area (Å²) in [6.07, 6.45) is -2.90. The van der Waals surface area contributed by atoms with Crippen LogP contribution in [0.3, 0.4) is 0 Å². The number of halogens is 3. The van der Waals surface area contributed by atoms with Gasteiger partial charge in [0.15, 0.2) is 0 Å². The molecule has 0 fully saturated rings. The van der Waals surface area contributed by atoms with Crippen LogP contribution in [0.4, 0.5) is 14.6 Å². The third-order valence-electron chi connectivity index (χ3n) is 1.34. The molecule has 1 rings (SSSR count). The van der Waals surface area contributed by atoms with Crippen molar-refractivity contribution < 1.29 is 18.8 Å². The van der Waals surface area contributed by atoms with E-state index in [1.165, 1.54) is 22.6 Å². The van der Waals surface area contributed by atoms with Gasteiger partial charge in [0, 0.05) is 6.07 Å². The lowest BCUT2D eigenvalue weighted by atomic mass is 10.3. The molecule has 8 heteroatoms. The maximum atomic E-state index is 12.2. The quantitative estimate of drug-likeness (QED) is 0.516. The zero-order valence-electron chi connectivity index (χ0n) is 6.45. The molecule has 0 radical (unpaired) electrons. The average molecular weight is 316 g/mol. The largest absolute Gasteiger partial charge is 0.500 e. The van der Waals surface area contributed by atoms with Crippen molar-refractivity contribution in [1.82, 2.24) is 4.98 Å². The first-order valence-corrected chi connectivity index (χ1v) is 4.33. The Morgan fingerprint density at radius 2 is 2.21 bits per heavy atom. The van der Waals surface area contributed by atoms with Gasteiger partial charge in [0.05, 0.1) is 3.57 Å². The first kappa shape index (κ1) is 11.0. The van der Waals surface area contributed by atoms with Crippen molar-refractivity contribution >= 4 is 28.4 Å². The lowest BCUT2D eigenvalue weighted by Gasteiger charge is -2.00. The molecule has 14 heavy (non-hydrogen) atoms. The Morgan fingerprint density at radius 3 is 2.64 bits per heavy atom. The van der Waals surface area contributed by atoms with Crippen LogP contribution in [0.5, 0.6) is 5.75 Å². The van der Waals surface area contributed by atoms with Gasteiger partial charge >= 0.3 is 12.2 Å². The smallest absolute Gasteiger partial charge is 0.407 e. The zero-order chi connectivity index (χ0) is 10.9. The molecule has 0 saturated carbocycles. The number of nitro groups is 1. The van der Waals surface area contributed by atoms with E-state index in [1.807, 2.05) is 0 Å². The summed E-state index contributed by atoms with van der Waals surface area (Å²) < 4.78 is 24.3. The summed E-state index contributed by atoms with van der Waals surface area (Å²) in [7, 11) is 0. The monoisotopic (exact) mass is 316 g/mol. The molecule has 0 unspecified atom stereocenters. The van der Waals surface area contributed by atoms with Crippen molar-refractivity contribution in [1.29, 1.82) is 0 Å². The molecule has 0 bridgehead atoms. The molecular formula is C6H3F2IN2O3. The standard InChI is InChI=1S/C6H3F2IN2O3/c7-5(8)3-1-2(9)4(12)6(10-3)11(13)14/h1,5,12H. The minimum absolute atomic E-state index is 0.0281. The Kier molecular flexibility index (Phi) is 3.13. The Morgan fingerprint density at radius 1 is 1.64 bits per heavy atom. The van der Waals surface area contributed by atoms with Gasteiger partial charge < -0.3 is 15.2 Å². The number of pyridine rings is 1. The number of hydrogen-bond donors (Lipinski definition) is 1. The van der Waals surface area contributed by atoms with E-state index in [1.54, 1.807) is 0 Å². The Bertz CT molecular complexity index is 386. The Balaban J connectivity index is 3.35. The third kappa shape index (κ3) is 2.05. The fourth-order valence-corrected chi connectivity index (χ4v) is 1.31. The third-order valence-corrected chi connectivity index (χ3v) is 2.17. The van der Waals surface area contributed by atoms with Crippen LogP contribution in [0.1, 0.15) is 12.1 Å². The van der Waals surface area contributed by atoms with Gasteiger partial charge in [-0.05, 0) is 32.5 Å². The summed E-state index contributed by atoms with van der Waals surface area (Å²) in [6.45, 7) is 0. The predicted octanol–water partition coefficient (Wildman–Crippen LogP) is 2.24. The molecule has 1 heterocycles. The molecule has 1 aromatic rings. The lowest BCUT2D eigenvalue weighted by Crippen LogP contribution is -1.99. The summed E-state index contributed by atoms with van der Waals surface area (Å²) in [5, 5.41) is 19.4. The van der Waals surface area contributed by atoms with Crippen LogP contribution >= 0.6 is 22.6 Å². The van der Waals surface area contributed by atoms with E-state index >= 15 is 0 Å². The summed E-state index contributed by atoms with van der Waals surface area (Å²) >= 11 is 1.51. The zero-order valence-corrected chi connectivity index (χ0v) is 8.60. The van der Waals surface area contributed by atoms with E-state index < -0.39 is 28.6 Å². The molecular weight excluding hydrogens is 313 g/mol. The van der Waals surface area contributed by atoms with Gasteiger partial charge in [0.1, 0.15) is 0 Å². The predicted molar refractivity (Wildman–Crippen MR) is 50.2 cm³/mol. The van der Waals surface area contributed by atoms with Gasteiger partial charge in [-0.1, -0.05) is 0 Å². The van der Waals surface area contributed by atoms with Gasteiger partial charge in [-0.15, -0.1) is 0 Å². The van der Waals surface area contributed by atoms with Gasteiger partial charge in [-0.2, -0.15) is 0 Å². The highest BCUT2D eigenvalue weighted by molar-refractivity contribution is 14.1. The highest BCUT2D eigenvalue weighted by Gasteiger charge is 2.25. The average Bonchev–Trinajstić information content (AvgIpc) is 2.08. The molecule has 76 valence electrons. The van der Waals surface area contributed by atoms with E-state index in [4.69, 9.17) is 5.11 Å². The van der Waals surface area contributed by atoms with Crippen LogP contribution in [0.25, 0.3) is 0 Å². The molecule has 5 nitrogen and oxygen atoms in total. The fourth-order valence-electron chi connectivity index (χ4n) is 0.752. The molecule has 0 spiro atoms. The molecule has 0 aliphatic heterocycles. The van der Waals surface area contributed by atoms with Crippen molar-refractivity contribution in [3.8, 4) is 5.75 Å². The Labute approximate surface area is 90.1 Å². The highest BCUT2D eigenvalue weighted by atomic mass is 127. The van der Waals surface area contributed by atoms with E-state index in [2.05, 4.69) is 4.98 Å². The molecule has 0 aliphatic carbocycles. The second-order valence-electron chi connectivity index (χ2n) is 2.26. The number of hydrogen-bond acceptors (Lipinski definition) is 4. The molecule has 0 saturated heterocycles. The topological polar surface area (TPSA) is 76.3 Å². The number of alkyl halides is 2. The minimum atomic E-state index is -2.90. The number of rotatable bonds is 2.